The molecule has 0 aliphatic carbocycles. The molecule has 2 heterocycles. The average molecular weight is 777 g/mol. The molecule has 2 nitrogen and oxygen atoms in total. The van der Waals surface area contributed by atoms with E-state index in [9.17, 15) is 0 Å². The predicted molar refractivity (Wildman–Crippen MR) is 210 cm³/mol. The molecule has 0 aliphatic heterocycles. The third kappa shape index (κ3) is 10.0. The summed E-state index contributed by atoms with van der Waals surface area (Å²) in [5.41, 5.74) is 7.32. The van der Waals surface area contributed by atoms with Crippen LogP contribution in [-0.4, -0.2) is 35.6 Å². The van der Waals surface area contributed by atoms with Gasteiger partial charge < -0.3 is 0 Å². The molecule has 2 aromatic heterocycles. The number of hydrogen-bond acceptors (Lipinski definition) is 2. The van der Waals surface area contributed by atoms with Crippen molar-refractivity contribution in [3.05, 3.63) is 108 Å². The first-order valence-corrected chi connectivity index (χ1v) is 30.9. The van der Waals surface area contributed by atoms with E-state index in [-0.39, 0.29) is 0 Å². The molecular formula is C38H46Cl2N2Si3Zr. The fourth-order valence-electron chi connectivity index (χ4n) is 5.25. The van der Waals surface area contributed by atoms with Crippen LogP contribution in [0, 0.1) is 13.8 Å². The molecule has 0 atom stereocenters. The van der Waals surface area contributed by atoms with Crippen molar-refractivity contribution in [1.29, 1.82) is 0 Å². The summed E-state index contributed by atoms with van der Waals surface area (Å²) in [6.07, 6.45) is 3.73. The summed E-state index contributed by atoms with van der Waals surface area (Å²) < 4.78 is 0. The molecular weight excluding hydrogens is 731 g/mol. The Balaban J connectivity index is 0.000000214. The van der Waals surface area contributed by atoms with Gasteiger partial charge in [0.1, 0.15) is 0 Å². The van der Waals surface area contributed by atoms with Crippen molar-refractivity contribution in [3.8, 4) is 22.5 Å². The van der Waals surface area contributed by atoms with Crippen molar-refractivity contribution in [3.63, 3.8) is 0 Å². The van der Waals surface area contributed by atoms with E-state index in [4.69, 9.17) is 17.0 Å². The molecule has 0 unspecified atom stereocenters. The van der Waals surface area contributed by atoms with Gasteiger partial charge in [-0.2, -0.15) is 12.1 Å². The molecule has 6 aromatic rings. The first-order valence-electron chi connectivity index (χ1n) is 15.5. The van der Waals surface area contributed by atoms with E-state index in [1.807, 2.05) is 24.5 Å². The SMILES string of the molecule is C[Si]C.Cc1ccc(-c2ccccn2)c2cc([Si](C)(C)C)[cH-]c12.Cc1ccc(-c2ccccn2)c2cc([Si](C)(C)C)[cH-]c12.[Cl][Zr+2][Cl]. The van der Waals surface area contributed by atoms with Crippen LogP contribution < -0.4 is 10.4 Å². The molecule has 0 fully saturated rings. The Labute approximate surface area is 300 Å². The van der Waals surface area contributed by atoms with Gasteiger partial charge in [0.15, 0.2) is 0 Å². The van der Waals surface area contributed by atoms with E-state index < -0.39 is 37.0 Å². The number of benzene rings is 2. The molecule has 238 valence electrons. The summed E-state index contributed by atoms with van der Waals surface area (Å²) in [6.45, 7) is 23.1. The molecule has 0 spiro atoms. The third-order valence-electron chi connectivity index (χ3n) is 7.82. The van der Waals surface area contributed by atoms with Crippen molar-refractivity contribution in [1.82, 2.24) is 9.97 Å². The second kappa shape index (κ2) is 17.5. The Morgan fingerprint density at radius 1 is 0.609 bits per heavy atom. The molecule has 6 rings (SSSR count). The summed E-state index contributed by atoms with van der Waals surface area (Å²) >= 11 is -0.826. The summed E-state index contributed by atoms with van der Waals surface area (Å²) in [7, 11) is 8.38. The maximum absolute atomic E-state index is 4.93. The zero-order valence-electron chi connectivity index (χ0n) is 28.9. The molecule has 4 aromatic carbocycles. The van der Waals surface area contributed by atoms with E-state index in [0.717, 1.165) is 20.9 Å². The van der Waals surface area contributed by atoms with Gasteiger partial charge in [0.2, 0.25) is 0 Å². The molecule has 0 saturated carbocycles. The van der Waals surface area contributed by atoms with Gasteiger partial charge in [-0.1, -0.05) is 90.5 Å². The fraction of sp³-hybridized carbons (Fsp3) is 0.263. The molecule has 0 bridgehead atoms. The van der Waals surface area contributed by atoms with E-state index in [0.29, 0.717) is 0 Å². The fourth-order valence-corrected chi connectivity index (χ4v) is 7.56. The summed E-state index contributed by atoms with van der Waals surface area (Å²) in [6, 6.07) is 30.6. The normalized spacial score (nSPS) is 11.0. The van der Waals surface area contributed by atoms with Crippen LogP contribution >= 0.6 is 17.0 Å². The first-order chi connectivity index (χ1) is 21.8. The molecule has 46 heavy (non-hydrogen) atoms. The predicted octanol–water partition coefficient (Wildman–Crippen LogP) is 11.1. The Bertz CT molecular complexity index is 1690. The monoisotopic (exact) mass is 774 g/mol. The molecule has 0 amide bonds. The number of halogens is 2. The topological polar surface area (TPSA) is 25.8 Å². The average Bonchev–Trinajstić information content (AvgIpc) is 3.67. The van der Waals surface area contributed by atoms with Crippen molar-refractivity contribution in [2.45, 2.75) is 66.2 Å². The van der Waals surface area contributed by atoms with Gasteiger partial charge >= 0.3 is 37.9 Å². The third-order valence-corrected chi connectivity index (χ3v) is 11.9. The first kappa shape index (κ1) is 38.5. The Kier molecular flexibility index (Phi) is 14.6. The second-order valence-corrected chi connectivity index (χ2v) is 28.4. The van der Waals surface area contributed by atoms with Crippen molar-refractivity contribution in [2.75, 3.05) is 0 Å². The zero-order chi connectivity index (χ0) is 34.1. The molecule has 0 saturated heterocycles. The van der Waals surface area contributed by atoms with Crippen LogP contribution in [-0.2, 0) is 20.8 Å². The molecule has 0 aliphatic rings. The van der Waals surface area contributed by atoms with Gasteiger partial charge in [0.05, 0.1) is 27.5 Å². The molecule has 0 N–H and O–H groups in total. The van der Waals surface area contributed by atoms with Crippen molar-refractivity contribution in [2.24, 2.45) is 0 Å². The standard InChI is InChI=1S/2C18H20NSi.C2H6Si.2ClH.Zr/c2*1-13-8-9-15(18-7-5-6-10-19-18)17-12-14(11-16(13)17)20(2,3)4;1-3-2;;;/h2*5-12H,1-4H3;1-2H3;2*1H;/q2*-1;;;;+4/p-2. The van der Waals surface area contributed by atoms with Crippen LogP contribution in [0.3, 0.4) is 0 Å². The number of nitrogens with zero attached hydrogens (tertiary/aromatic N) is 2. The van der Waals surface area contributed by atoms with Crippen LogP contribution in [0.5, 0.6) is 0 Å². The number of rotatable bonds is 4. The number of hydrogen-bond donors (Lipinski definition) is 0. The van der Waals surface area contributed by atoms with Crippen LogP contribution in [0.4, 0.5) is 0 Å². The Morgan fingerprint density at radius 3 is 1.24 bits per heavy atom. The van der Waals surface area contributed by atoms with Crippen molar-refractivity contribution >= 4 is 74.6 Å². The van der Waals surface area contributed by atoms with Crippen LogP contribution in [0.2, 0.25) is 52.4 Å². The van der Waals surface area contributed by atoms with Gasteiger partial charge in [-0.3, -0.25) is 9.97 Å². The van der Waals surface area contributed by atoms with Crippen LogP contribution in [0.1, 0.15) is 11.1 Å². The second-order valence-electron chi connectivity index (χ2n) is 13.5. The van der Waals surface area contributed by atoms with Gasteiger partial charge in [0.25, 0.3) is 0 Å². The van der Waals surface area contributed by atoms with E-state index in [1.165, 1.54) is 54.2 Å². The number of aryl methyl sites for hydroxylation is 2. The van der Waals surface area contributed by atoms with Gasteiger partial charge in [-0.25, -0.2) is 0 Å². The Morgan fingerprint density at radius 2 is 0.957 bits per heavy atom. The minimum absolute atomic E-state index is 0.826. The molecule has 8 heteroatoms. The van der Waals surface area contributed by atoms with E-state index in [2.05, 4.69) is 149 Å². The number of fused-ring (bicyclic) bond motifs is 2. The van der Waals surface area contributed by atoms with Gasteiger partial charge in [0, 0.05) is 21.9 Å². The number of pyridine rings is 2. The van der Waals surface area contributed by atoms with Gasteiger partial charge in [-0.05, 0) is 35.4 Å². The molecule has 2 radical (unpaired) electrons. The van der Waals surface area contributed by atoms with Crippen LogP contribution in [0.15, 0.2) is 97.3 Å². The van der Waals surface area contributed by atoms with Crippen molar-refractivity contribution < 1.29 is 20.8 Å². The summed E-state index contributed by atoms with van der Waals surface area (Å²) in [5.74, 6) is 0. The Hall–Kier alpha value is -1.93. The zero-order valence-corrected chi connectivity index (χ0v) is 35.9. The van der Waals surface area contributed by atoms with Gasteiger partial charge in [-0.15, -0.1) is 67.3 Å². The summed E-state index contributed by atoms with van der Waals surface area (Å²) in [5, 5.41) is 8.51. The summed E-state index contributed by atoms with van der Waals surface area (Å²) in [4.78, 5) is 9.02. The maximum atomic E-state index is 4.93. The quantitative estimate of drug-likeness (QED) is 0.132. The number of aromatic nitrogens is 2. The van der Waals surface area contributed by atoms with Crippen LogP contribution in [0.25, 0.3) is 44.1 Å². The minimum atomic E-state index is -1.28. The van der Waals surface area contributed by atoms with E-state index >= 15 is 0 Å². The van der Waals surface area contributed by atoms with E-state index in [1.54, 1.807) is 0 Å².